The van der Waals surface area contributed by atoms with Gasteiger partial charge in [0.05, 0.1) is 11.4 Å². The lowest BCUT2D eigenvalue weighted by Gasteiger charge is -2.33. The first-order valence-corrected chi connectivity index (χ1v) is 7.11. The average Bonchev–Trinajstić information content (AvgIpc) is 2.47. The smallest absolute Gasteiger partial charge is 0.251 e. The number of carbonyl (C=O) groups is 1. The SMILES string of the molecule is CCNC(=O)c1ccc(N(C)C2CCOCC2)c(N)c1. The molecule has 0 spiro atoms. The average molecular weight is 277 g/mol. The molecule has 1 saturated heterocycles. The molecule has 1 amide bonds. The minimum atomic E-state index is -0.0838. The van der Waals surface area contributed by atoms with Crippen molar-refractivity contribution in [2.24, 2.45) is 0 Å². The summed E-state index contributed by atoms with van der Waals surface area (Å²) in [5, 5.41) is 2.78. The summed E-state index contributed by atoms with van der Waals surface area (Å²) in [5.41, 5.74) is 8.33. The van der Waals surface area contributed by atoms with E-state index < -0.39 is 0 Å². The molecule has 0 atom stereocenters. The Balaban J connectivity index is 2.14. The minimum absolute atomic E-state index is 0.0838. The van der Waals surface area contributed by atoms with Crippen LogP contribution in [0.15, 0.2) is 18.2 Å². The van der Waals surface area contributed by atoms with Crippen LogP contribution in [0.25, 0.3) is 0 Å². The van der Waals surface area contributed by atoms with Gasteiger partial charge in [-0.2, -0.15) is 0 Å². The Bertz CT molecular complexity index is 470. The first-order chi connectivity index (χ1) is 9.63. The summed E-state index contributed by atoms with van der Waals surface area (Å²) in [6.45, 7) is 4.11. The van der Waals surface area contributed by atoms with Gasteiger partial charge in [-0.05, 0) is 38.0 Å². The first-order valence-electron chi connectivity index (χ1n) is 7.11. The van der Waals surface area contributed by atoms with Crippen LogP contribution in [-0.2, 0) is 4.74 Å². The Labute approximate surface area is 120 Å². The second-order valence-electron chi connectivity index (χ2n) is 5.09. The maximum atomic E-state index is 11.8. The van der Waals surface area contributed by atoms with Gasteiger partial charge in [0.2, 0.25) is 0 Å². The van der Waals surface area contributed by atoms with E-state index in [1.807, 2.05) is 26.1 Å². The lowest BCUT2D eigenvalue weighted by Crippen LogP contribution is -2.37. The number of nitrogens with one attached hydrogen (secondary N) is 1. The van der Waals surface area contributed by atoms with E-state index in [0.717, 1.165) is 31.7 Å². The number of hydrogen-bond donors (Lipinski definition) is 2. The summed E-state index contributed by atoms with van der Waals surface area (Å²) in [6, 6.07) is 5.94. The second kappa shape index (κ2) is 6.61. The van der Waals surface area contributed by atoms with Gasteiger partial charge in [-0.15, -0.1) is 0 Å². The second-order valence-corrected chi connectivity index (χ2v) is 5.09. The fourth-order valence-corrected chi connectivity index (χ4v) is 2.55. The maximum Gasteiger partial charge on any atom is 0.251 e. The number of hydrogen-bond acceptors (Lipinski definition) is 4. The van der Waals surface area contributed by atoms with Crippen molar-refractivity contribution in [2.75, 3.05) is 37.4 Å². The highest BCUT2D eigenvalue weighted by Gasteiger charge is 2.20. The molecule has 1 aromatic carbocycles. The summed E-state index contributed by atoms with van der Waals surface area (Å²) in [6.07, 6.45) is 2.02. The number of nitrogens with zero attached hydrogens (tertiary/aromatic N) is 1. The molecule has 1 aromatic rings. The third-order valence-electron chi connectivity index (χ3n) is 3.75. The summed E-state index contributed by atoms with van der Waals surface area (Å²) < 4.78 is 5.38. The standard InChI is InChI=1S/C15H23N3O2/c1-3-17-15(19)11-4-5-14(13(16)10-11)18(2)12-6-8-20-9-7-12/h4-5,10,12H,3,6-9,16H2,1-2H3,(H,17,19). The highest BCUT2D eigenvalue weighted by molar-refractivity contribution is 5.96. The zero-order valence-corrected chi connectivity index (χ0v) is 12.2. The fourth-order valence-electron chi connectivity index (χ4n) is 2.55. The van der Waals surface area contributed by atoms with Crippen LogP contribution in [-0.4, -0.2) is 38.8 Å². The Morgan fingerprint density at radius 2 is 2.15 bits per heavy atom. The van der Waals surface area contributed by atoms with Crippen LogP contribution in [0.5, 0.6) is 0 Å². The molecule has 0 aromatic heterocycles. The van der Waals surface area contributed by atoms with Crippen LogP contribution in [0.1, 0.15) is 30.1 Å². The normalized spacial score (nSPS) is 15.9. The predicted molar refractivity (Wildman–Crippen MR) is 81.1 cm³/mol. The van der Waals surface area contributed by atoms with Gasteiger partial charge in [0.25, 0.3) is 5.91 Å². The summed E-state index contributed by atoms with van der Waals surface area (Å²) in [5.74, 6) is -0.0838. The maximum absolute atomic E-state index is 11.8. The zero-order valence-electron chi connectivity index (χ0n) is 12.2. The van der Waals surface area contributed by atoms with Crippen molar-refractivity contribution >= 4 is 17.3 Å². The predicted octanol–water partition coefficient (Wildman–Crippen LogP) is 1.63. The molecule has 1 aliphatic heterocycles. The molecule has 3 N–H and O–H groups in total. The molecule has 1 aliphatic rings. The number of anilines is 2. The number of rotatable bonds is 4. The topological polar surface area (TPSA) is 67.6 Å². The molecule has 1 fully saturated rings. The van der Waals surface area contributed by atoms with Crippen LogP contribution in [0.2, 0.25) is 0 Å². The van der Waals surface area contributed by atoms with E-state index in [-0.39, 0.29) is 5.91 Å². The highest BCUT2D eigenvalue weighted by atomic mass is 16.5. The summed E-state index contributed by atoms with van der Waals surface area (Å²) >= 11 is 0. The minimum Gasteiger partial charge on any atom is -0.397 e. The quantitative estimate of drug-likeness (QED) is 0.821. The summed E-state index contributed by atoms with van der Waals surface area (Å²) in [7, 11) is 2.05. The van der Waals surface area contributed by atoms with E-state index >= 15 is 0 Å². The Kier molecular flexibility index (Phi) is 4.84. The van der Waals surface area contributed by atoms with Crippen molar-refractivity contribution < 1.29 is 9.53 Å². The first kappa shape index (κ1) is 14.7. The van der Waals surface area contributed by atoms with Gasteiger partial charge >= 0.3 is 0 Å². The molecule has 0 unspecified atom stereocenters. The van der Waals surface area contributed by atoms with Crippen molar-refractivity contribution in [2.45, 2.75) is 25.8 Å². The van der Waals surface area contributed by atoms with Crippen LogP contribution in [0, 0.1) is 0 Å². The van der Waals surface area contributed by atoms with E-state index in [1.165, 1.54) is 0 Å². The van der Waals surface area contributed by atoms with Gasteiger partial charge in [0.1, 0.15) is 0 Å². The lowest BCUT2D eigenvalue weighted by atomic mass is 10.1. The van der Waals surface area contributed by atoms with Gasteiger partial charge in [-0.25, -0.2) is 0 Å². The van der Waals surface area contributed by atoms with Gasteiger partial charge in [-0.1, -0.05) is 0 Å². The van der Waals surface area contributed by atoms with E-state index in [0.29, 0.717) is 23.8 Å². The van der Waals surface area contributed by atoms with Crippen LogP contribution in [0.4, 0.5) is 11.4 Å². The van der Waals surface area contributed by atoms with Gasteiger partial charge in [0.15, 0.2) is 0 Å². The molecule has 2 rings (SSSR count). The van der Waals surface area contributed by atoms with Crippen LogP contribution < -0.4 is 16.0 Å². The lowest BCUT2D eigenvalue weighted by molar-refractivity contribution is 0.0855. The third-order valence-corrected chi connectivity index (χ3v) is 3.75. The van der Waals surface area contributed by atoms with Crippen molar-refractivity contribution in [3.8, 4) is 0 Å². The molecule has 0 radical (unpaired) electrons. The van der Waals surface area contributed by atoms with Gasteiger partial charge in [-0.3, -0.25) is 4.79 Å². The number of ether oxygens (including phenoxy) is 1. The number of benzene rings is 1. The number of carbonyl (C=O) groups excluding carboxylic acids is 1. The van der Waals surface area contributed by atoms with Crippen molar-refractivity contribution in [3.63, 3.8) is 0 Å². The van der Waals surface area contributed by atoms with Gasteiger partial charge in [0, 0.05) is 38.4 Å². The molecule has 20 heavy (non-hydrogen) atoms. The molecule has 5 nitrogen and oxygen atoms in total. The van der Waals surface area contributed by atoms with E-state index in [4.69, 9.17) is 10.5 Å². The Morgan fingerprint density at radius 3 is 2.75 bits per heavy atom. The fraction of sp³-hybridized carbons (Fsp3) is 0.533. The molecule has 0 saturated carbocycles. The molecular formula is C15H23N3O2. The highest BCUT2D eigenvalue weighted by Crippen LogP contribution is 2.27. The zero-order chi connectivity index (χ0) is 14.5. The largest absolute Gasteiger partial charge is 0.397 e. The van der Waals surface area contributed by atoms with Crippen molar-refractivity contribution in [1.29, 1.82) is 0 Å². The molecule has 1 heterocycles. The number of nitrogens with two attached hydrogens (primary N) is 1. The Hall–Kier alpha value is -1.75. The van der Waals surface area contributed by atoms with Crippen molar-refractivity contribution in [3.05, 3.63) is 23.8 Å². The molecule has 0 aliphatic carbocycles. The van der Waals surface area contributed by atoms with E-state index in [1.54, 1.807) is 6.07 Å². The number of nitrogen functional groups attached to an aromatic ring is 1. The molecular weight excluding hydrogens is 254 g/mol. The molecule has 110 valence electrons. The number of amides is 1. The Morgan fingerprint density at radius 1 is 1.45 bits per heavy atom. The van der Waals surface area contributed by atoms with Crippen LogP contribution in [0.3, 0.4) is 0 Å². The third kappa shape index (κ3) is 3.22. The molecule has 0 bridgehead atoms. The van der Waals surface area contributed by atoms with E-state index in [9.17, 15) is 4.79 Å². The molecule has 5 heteroatoms. The van der Waals surface area contributed by atoms with Crippen molar-refractivity contribution in [1.82, 2.24) is 5.32 Å². The van der Waals surface area contributed by atoms with Crippen LogP contribution >= 0.6 is 0 Å². The van der Waals surface area contributed by atoms with E-state index in [2.05, 4.69) is 10.2 Å². The van der Waals surface area contributed by atoms with Gasteiger partial charge < -0.3 is 20.7 Å². The monoisotopic (exact) mass is 277 g/mol. The summed E-state index contributed by atoms with van der Waals surface area (Å²) in [4.78, 5) is 14.0.